The Kier molecular flexibility index (Phi) is 3.56. The lowest BCUT2D eigenvalue weighted by molar-refractivity contribution is 0.416. The molecule has 2 aromatic rings. The van der Waals surface area contributed by atoms with Crippen LogP contribution >= 0.6 is 15.9 Å². The van der Waals surface area contributed by atoms with Gasteiger partial charge in [-0.2, -0.15) is 0 Å². The van der Waals surface area contributed by atoms with E-state index in [4.69, 9.17) is 15.5 Å². The van der Waals surface area contributed by atoms with Crippen molar-refractivity contribution in [3.63, 3.8) is 0 Å². The van der Waals surface area contributed by atoms with Gasteiger partial charge in [0.15, 0.2) is 0 Å². The average molecular weight is 336 g/mol. The minimum Gasteiger partial charge on any atom is -0.496 e. The molecular formula is C15H18BrN3O. The molecule has 0 radical (unpaired) electrons. The van der Waals surface area contributed by atoms with E-state index in [9.17, 15) is 0 Å². The molecule has 2 heterocycles. The number of fused-ring (bicyclic) bond motifs is 1. The Hall–Kier alpha value is -1.33. The maximum atomic E-state index is 6.12. The minimum atomic E-state index is 0.218. The summed E-state index contributed by atoms with van der Waals surface area (Å²) in [4.78, 5) is 4.75. The van der Waals surface area contributed by atoms with Gasteiger partial charge in [-0.3, -0.25) is 0 Å². The molecule has 2 N–H and O–H groups in total. The van der Waals surface area contributed by atoms with Crippen molar-refractivity contribution in [1.82, 2.24) is 9.55 Å². The zero-order valence-corrected chi connectivity index (χ0v) is 13.3. The predicted molar refractivity (Wildman–Crippen MR) is 82.9 cm³/mol. The Bertz CT molecular complexity index is 651. The van der Waals surface area contributed by atoms with Crippen molar-refractivity contribution < 1.29 is 4.74 Å². The smallest absolute Gasteiger partial charge is 0.128 e. The summed E-state index contributed by atoms with van der Waals surface area (Å²) in [5.74, 6) is 1.89. The minimum absolute atomic E-state index is 0.218. The van der Waals surface area contributed by atoms with Crippen LogP contribution in [0.4, 0.5) is 0 Å². The van der Waals surface area contributed by atoms with Crippen molar-refractivity contribution in [3.05, 3.63) is 34.2 Å². The summed E-state index contributed by atoms with van der Waals surface area (Å²) in [6.07, 6.45) is 1.88. The van der Waals surface area contributed by atoms with E-state index < -0.39 is 0 Å². The third-order valence-electron chi connectivity index (χ3n) is 3.86. The van der Waals surface area contributed by atoms with Crippen LogP contribution in [-0.4, -0.2) is 22.7 Å². The van der Waals surface area contributed by atoms with E-state index in [0.29, 0.717) is 0 Å². The topological polar surface area (TPSA) is 53.1 Å². The Morgan fingerprint density at radius 2 is 2.25 bits per heavy atom. The highest BCUT2D eigenvalue weighted by atomic mass is 79.9. The van der Waals surface area contributed by atoms with Crippen LogP contribution < -0.4 is 10.5 Å². The maximum Gasteiger partial charge on any atom is 0.128 e. The predicted octanol–water partition coefficient (Wildman–Crippen LogP) is 2.90. The van der Waals surface area contributed by atoms with Crippen molar-refractivity contribution in [2.75, 3.05) is 7.11 Å². The second-order valence-corrected chi connectivity index (χ2v) is 6.12. The van der Waals surface area contributed by atoms with E-state index >= 15 is 0 Å². The van der Waals surface area contributed by atoms with Crippen molar-refractivity contribution >= 4 is 15.9 Å². The molecule has 0 amide bonds. The molecule has 1 aliphatic heterocycles. The number of nitrogens with two attached hydrogens (primary N) is 1. The zero-order valence-electron chi connectivity index (χ0n) is 11.7. The summed E-state index contributed by atoms with van der Waals surface area (Å²) >= 11 is 3.52. The molecule has 1 unspecified atom stereocenters. The Morgan fingerprint density at radius 3 is 3.00 bits per heavy atom. The summed E-state index contributed by atoms with van der Waals surface area (Å²) in [6.45, 7) is 3.00. The van der Waals surface area contributed by atoms with Gasteiger partial charge in [-0.1, -0.05) is 15.9 Å². The molecule has 0 bridgehead atoms. The standard InChI is InChI=1S/C15H18BrN3O/c1-9-18-15(13-8-11(17)5-6-19(9)13)12-7-10(16)3-4-14(12)20-2/h3-4,7,11H,5-6,8,17H2,1-2H3. The lowest BCUT2D eigenvalue weighted by Gasteiger charge is -2.22. The van der Waals surface area contributed by atoms with Crippen LogP contribution in [-0.2, 0) is 13.0 Å². The molecule has 20 heavy (non-hydrogen) atoms. The maximum absolute atomic E-state index is 6.12. The van der Waals surface area contributed by atoms with E-state index in [0.717, 1.165) is 46.7 Å². The summed E-state index contributed by atoms with van der Waals surface area (Å²) in [5, 5.41) is 0. The second-order valence-electron chi connectivity index (χ2n) is 5.20. The van der Waals surface area contributed by atoms with E-state index in [1.165, 1.54) is 5.69 Å². The van der Waals surface area contributed by atoms with Gasteiger partial charge in [0.05, 0.1) is 12.8 Å². The third kappa shape index (κ3) is 2.25. The molecule has 4 nitrogen and oxygen atoms in total. The molecule has 1 aliphatic rings. The Labute approximate surface area is 127 Å². The highest BCUT2D eigenvalue weighted by Crippen LogP contribution is 2.36. The first kappa shape index (κ1) is 13.6. The molecule has 1 atom stereocenters. The number of nitrogens with zero attached hydrogens (tertiary/aromatic N) is 2. The van der Waals surface area contributed by atoms with Crippen LogP contribution in [0.5, 0.6) is 5.75 Å². The number of imidazole rings is 1. The fourth-order valence-electron chi connectivity index (χ4n) is 2.84. The van der Waals surface area contributed by atoms with Crippen LogP contribution in [0.25, 0.3) is 11.3 Å². The summed E-state index contributed by atoms with van der Waals surface area (Å²) in [5.41, 5.74) is 9.36. The van der Waals surface area contributed by atoms with E-state index in [1.807, 2.05) is 19.1 Å². The van der Waals surface area contributed by atoms with Gasteiger partial charge in [0, 0.05) is 34.7 Å². The number of halogens is 1. The Morgan fingerprint density at radius 1 is 1.45 bits per heavy atom. The molecule has 0 saturated carbocycles. The lowest BCUT2D eigenvalue weighted by Crippen LogP contribution is -2.31. The lowest BCUT2D eigenvalue weighted by atomic mass is 10.00. The third-order valence-corrected chi connectivity index (χ3v) is 4.35. The molecule has 5 heteroatoms. The first-order chi connectivity index (χ1) is 9.60. The van der Waals surface area contributed by atoms with Gasteiger partial charge >= 0.3 is 0 Å². The molecule has 0 fully saturated rings. The molecule has 0 spiro atoms. The van der Waals surface area contributed by atoms with Gasteiger partial charge in [-0.25, -0.2) is 4.98 Å². The number of ether oxygens (including phenoxy) is 1. The average Bonchev–Trinajstić information content (AvgIpc) is 2.75. The fourth-order valence-corrected chi connectivity index (χ4v) is 3.20. The highest BCUT2D eigenvalue weighted by Gasteiger charge is 2.24. The van der Waals surface area contributed by atoms with Crippen molar-refractivity contribution in [2.45, 2.75) is 32.4 Å². The van der Waals surface area contributed by atoms with Crippen LogP contribution in [0.15, 0.2) is 22.7 Å². The molecule has 0 aliphatic carbocycles. The van der Waals surface area contributed by atoms with Gasteiger partial charge < -0.3 is 15.0 Å². The van der Waals surface area contributed by atoms with Crippen LogP contribution in [0.2, 0.25) is 0 Å². The molecule has 1 aromatic carbocycles. The van der Waals surface area contributed by atoms with E-state index in [2.05, 4.69) is 26.6 Å². The number of hydrogen-bond acceptors (Lipinski definition) is 3. The number of rotatable bonds is 2. The van der Waals surface area contributed by atoms with Gasteiger partial charge in [0.25, 0.3) is 0 Å². The fraction of sp³-hybridized carbons (Fsp3) is 0.400. The van der Waals surface area contributed by atoms with E-state index in [-0.39, 0.29) is 6.04 Å². The summed E-state index contributed by atoms with van der Waals surface area (Å²) in [6, 6.07) is 6.21. The largest absolute Gasteiger partial charge is 0.496 e. The molecule has 1 aromatic heterocycles. The SMILES string of the molecule is COc1ccc(Br)cc1-c1nc(C)n2c1CC(N)CC2. The van der Waals surface area contributed by atoms with Crippen molar-refractivity contribution in [3.8, 4) is 17.0 Å². The van der Waals surface area contributed by atoms with Crippen molar-refractivity contribution in [1.29, 1.82) is 0 Å². The second kappa shape index (κ2) is 5.22. The molecule has 0 saturated heterocycles. The number of methoxy groups -OCH3 is 1. The molecule has 3 rings (SSSR count). The first-order valence-corrected chi connectivity index (χ1v) is 7.55. The van der Waals surface area contributed by atoms with Crippen LogP contribution in [0, 0.1) is 6.92 Å². The van der Waals surface area contributed by atoms with Gasteiger partial charge in [0.1, 0.15) is 11.6 Å². The summed E-state index contributed by atoms with van der Waals surface area (Å²) < 4.78 is 8.78. The van der Waals surface area contributed by atoms with Gasteiger partial charge in [0.2, 0.25) is 0 Å². The number of benzene rings is 1. The number of hydrogen-bond donors (Lipinski definition) is 1. The summed E-state index contributed by atoms with van der Waals surface area (Å²) in [7, 11) is 1.69. The van der Waals surface area contributed by atoms with Gasteiger partial charge in [-0.05, 0) is 31.5 Å². The number of aryl methyl sites for hydroxylation is 1. The molecular weight excluding hydrogens is 318 g/mol. The van der Waals surface area contributed by atoms with E-state index in [1.54, 1.807) is 7.11 Å². The molecule has 106 valence electrons. The van der Waals surface area contributed by atoms with Crippen LogP contribution in [0.3, 0.4) is 0 Å². The first-order valence-electron chi connectivity index (χ1n) is 6.75. The van der Waals surface area contributed by atoms with Crippen molar-refractivity contribution in [2.24, 2.45) is 5.73 Å². The monoisotopic (exact) mass is 335 g/mol. The van der Waals surface area contributed by atoms with Gasteiger partial charge in [-0.15, -0.1) is 0 Å². The number of aromatic nitrogens is 2. The zero-order chi connectivity index (χ0) is 14.3. The normalized spacial score (nSPS) is 17.9. The Balaban J connectivity index is 2.18. The quantitative estimate of drug-likeness (QED) is 0.917. The highest BCUT2D eigenvalue weighted by molar-refractivity contribution is 9.10. The van der Waals surface area contributed by atoms with Crippen LogP contribution in [0.1, 0.15) is 17.9 Å².